The zero-order valence-electron chi connectivity index (χ0n) is 14.7. The number of methoxy groups -OCH3 is 1. The van der Waals surface area contributed by atoms with Gasteiger partial charge in [0, 0.05) is 12.1 Å². The van der Waals surface area contributed by atoms with Gasteiger partial charge in [0.1, 0.15) is 11.8 Å². The Kier molecular flexibility index (Phi) is 7.38. The van der Waals surface area contributed by atoms with E-state index in [-0.39, 0.29) is 5.75 Å². The first kappa shape index (κ1) is 20.5. The van der Waals surface area contributed by atoms with Gasteiger partial charge < -0.3 is 24.8 Å². The maximum Gasteiger partial charge on any atom is 0.313 e. The Labute approximate surface area is 160 Å². The third-order valence-electron chi connectivity index (χ3n) is 3.53. The number of rotatable bonds is 10. The molecule has 0 radical (unpaired) electrons. The van der Waals surface area contributed by atoms with Crippen LogP contribution in [-0.4, -0.2) is 56.3 Å². The van der Waals surface area contributed by atoms with Crippen molar-refractivity contribution < 1.29 is 24.5 Å². The van der Waals surface area contributed by atoms with Gasteiger partial charge in [-0.05, 0) is 24.3 Å². The van der Waals surface area contributed by atoms with E-state index in [1.807, 2.05) is 0 Å². The number of allylic oxidation sites excluding steroid dienone is 1. The van der Waals surface area contributed by atoms with Crippen molar-refractivity contribution in [3.63, 3.8) is 0 Å². The minimum Gasteiger partial charge on any atom is -0.497 e. The molecule has 2 aromatic rings. The quantitative estimate of drug-likeness (QED) is 0.405. The van der Waals surface area contributed by atoms with Gasteiger partial charge in [0.2, 0.25) is 0 Å². The number of aromatic nitrogens is 3. The molecule has 1 heterocycles. The fraction of sp³-hybridized carbons (Fsp3) is 0.294. The van der Waals surface area contributed by atoms with Gasteiger partial charge in [0.25, 0.3) is 5.91 Å². The lowest BCUT2D eigenvalue weighted by atomic mass is 10.2. The number of amides is 1. The molecule has 0 saturated carbocycles. The molecule has 9 nitrogen and oxygen atoms in total. The van der Waals surface area contributed by atoms with Gasteiger partial charge in [0.15, 0.2) is 11.0 Å². The molecule has 27 heavy (non-hydrogen) atoms. The molecular formula is C17H20N4O5S. The number of aliphatic carboxylic acids is 1. The predicted molar refractivity (Wildman–Crippen MR) is 98.9 cm³/mol. The molecule has 3 N–H and O–H groups in total. The molecule has 0 aliphatic rings. The maximum atomic E-state index is 12.5. The first-order valence-corrected chi connectivity index (χ1v) is 8.93. The normalized spacial score (nSPS) is 11.6. The Balaban J connectivity index is 2.20. The zero-order chi connectivity index (χ0) is 19.8. The average molecular weight is 392 g/mol. The highest BCUT2D eigenvalue weighted by Crippen LogP contribution is 2.21. The van der Waals surface area contributed by atoms with E-state index in [0.29, 0.717) is 28.8 Å². The fourth-order valence-corrected chi connectivity index (χ4v) is 2.94. The number of carbonyl (C=O) groups excluding carboxylic acids is 1. The third kappa shape index (κ3) is 5.31. The molecule has 1 atom stereocenters. The lowest BCUT2D eigenvalue weighted by Gasteiger charge is -2.17. The smallest absolute Gasteiger partial charge is 0.313 e. The van der Waals surface area contributed by atoms with E-state index in [1.54, 1.807) is 34.9 Å². The number of hydrogen-bond acceptors (Lipinski definition) is 7. The Hall–Kier alpha value is -2.85. The van der Waals surface area contributed by atoms with Crippen LogP contribution in [0.25, 0.3) is 0 Å². The van der Waals surface area contributed by atoms with Crippen molar-refractivity contribution in [2.75, 3.05) is 19.5 Å². The molecule has 1 amide bonds. The fourth-order valence-electron chi connectivity index (χ4n) is 2.27. The summed E-state index contributed by atoms with van der Waals surface area (Å²) < 4.78 is 6.67. The van der Waals surface area contributed by atoms with Gasteiger partial charge in [-0.3, -0.25) is 9.59 Å². The second-order valence-corrected chi connectivity index (χ2v) is 6.30. The number of ether oxygens (including phenoxy) is 1. The number of aliphatic hydroxyl groups excluding tert-OH is 1. The highest BCUT2D eigenvalue weighted by atomic mass is 32.2. The Morgan fingerprint density at radius 1 is 1.37 bits per heavy atom. The largest absolute Gasteiger partial charge is 0.497 e. The van der Waals surface area contributed by atoms with Crippen LogP contribution in [0.3, 0.4) is 0 Å². The van der Waals surface area contributed by atoms with E-state index >= 15 is 0 Å². The van der Waals surface area contributed by atoms with Gasteiger partial charge in [-0.2, -0.15) is 0 Å². The van der Waals surface area contributed by atoms with Crippen molar-refractivity contribution >= 4 is 23.6 Å². The Morgan fingerprint density at radius 2 is 2.07 bits per heavy atom. The van der Waals surface area contributed by atoms with Gasteiger partial charge in [-0.15, -0.1) is 16.8 Å². The van der Waals surface area contributed by atoms with Crippen molar-refractivity contribution in [3.05, 3.63) is 48.3 Å². The lowest BCUT2D eigenvalue weighted by Crippen LogP contribution is -2.33. The topological polar surface area (TPSA) is 127 Å². The highest BCUT2D eigenvalue weighted by Gasteiger charge is 2.23. The van der Waals surface area contributed by atoms with Crippen molar-refractivity contribution in [1.29, 1.82) is 0 Å². The van der Waals surface area contributed by atoms with E-state index in [9.17, 15) is 14.7 Å². The second-order valence-electron chi connectivity index (χ2n) is 5.36. The van der Waals surface area contributed by atoms with Crippen LogP contribution in [0.1, 0.15) is 22.2 Å². The van der Waals surface area contributed by atoms with Crippen molar-refractivity contribution in [3.8, 4) is 5.75 Å². The zero-order valence-corrected chi connectivity index (χ0v) is 15.5. The summed E-state index contributed by atoms with van der Waals surface area (Å²) in [6, 6.07) is 5.70. The number of hydrogen-bond donors (Lipinski definition) is 3. The molecular weight excluding hydrogens is 372 g/mol. The van der Waals surface area contributed by atoms with Gasteiger partial charge >= 0.3 is 5.97 Å². The van der Waals surface area contributed by atoms with Crippen LogP contribution in [0.15, 0.2) is 42.1 Å². The molecule has 0 spiro atoms. The van der Waals surface area contributed by atoms with Crippen LogP contribution in [0.5, 0.6) is 5.75 Å². The van der Waals surface area contributed by atoms with Gasteiger partial charge in [0.05, 0.1) is 19.5 Å². The van der Waals surface area contributed by atoms with E-state index in [0.717, 1.165) is 11.8 Å². The first-order chi connectivity index (χ1) is 13.0. The van der Waals surface area contributed by atoms with Crippen LogP contribution >= 0.6 is 11.8 Å². The van der Waals surface area contributed by atoms with Crippen LogP contribution in [0.2, 0.25) is 0 Å². The minimum atomic E-state index is -0.985. The molecule has 0 fully saturated rings. The van der Waals surface area contributed by atoms with Crippen molar-refractivity contribution in [2.45, 2.75) is 17.7 Å². The van der Waals surface area contributed by atoms with E-state index in [1.165, 1.54) is 7.11 Å². The molecule has 144 valence electrons. The molecule has 2 rings (SSSR count). The summed E-state index contributed by atoms with van der Waals surface area (Å²) >= 11 is 0.997. The SMILES string of the molecule is C=CCn1c(SCC(=O)O)nnc1C(CO)NC(=O)c1ccc(OC)cc1. The summed E-state index contributed by atoms with van der Waals surface area (Å²) in [5.41, 5.74) is 0.393. The molecule has 10 heteroatoms. The standard InChI is InChI=1S/C17H20N4O5S/c1-3-8-21-15(19-20-17(21)27-10-14(23)24)13(9-22)18-16(25)11-4-6-12(26-2)7-5-11/h3-7,13,22H,1,8-10H2,2H3,(H,18,25)(H,23,24). The molecule has 1 aromatic carbocycles. The van der Waals surface area contributed by atoms with E-state index < -0.39 is 24.5 Å². The average Bonchev–Trinajstić information content (AvgIpc) is 3.07. The summed E-state index contributed by atoms with van der Waals surface area (Å²) in [7, 11) is 1.53. The maximum absolute atomic E-state index is 12.5. The second kappa shape index (κ2) is 9.74. The Bertz CT molecular complexity index is 806. The third-order valence-corrected chi connectivity index (χ3v) is 4.49. The van der Waals surface area contributed by atoms with Crippen LogP contribution in [0, 0.1) is 0 Å². The molecule has 0 aliphatic heterocycles. The summed E-state index contributed by atoms with van der Waals surface area (Å²) in [6.45, 7) is 3.56. The predicted octanol–water partition coefficient (Wildman–Crippen LogP) is 1.11. The van der Waals surface area contributed by atoms with Crippen molar-refractivity contribution in [1.82, 2.24) is 20.1 Å². The van der Waals surface area contributed by atoms with Crippen LogP contribution in [0.4, 0.5) is 0 Å². The molecule has 1 unspecified atom stereocenters. The first-order valence-electron chi connectivity index (χ1n) is 7.94. The van der Waals surface area contributed by atoms with E-state index in [2.05, 4.69) is 22.1 Å². The molecule has 0 bridgehead atoms. The summed E-state index contributed by atoms with van der Waals surface area (Å²) in [6.07, 6.45) is 1.59. The summed E-state index contributed by atoms with van der Waals surface area (Å²) in [4.78, 5) is 23.2. The number of nitrogens with one attached hydrogen (secondary N) is 1. The monoisotopic (exact) mass is 392 g/mol. The number of nitrogens with zero attached hydrogens (tertiary/aromatic N) is 3. The van der Waals surface area contributed by atoms with Gasteiger partial charge in [-0.25, -0.2) is 0 Å². The number of carboxylic acid groups (broad SMARTS) is 1. The highest BCUT2D eigenvalue weighted by molar-refractivity contribution is 7.99. The van der Waals surface area contributed by atoms with Crippen molar-refractivity contribution in [2.24, 2.45) is 0 Å². The molecule has 0 aliphatic carbocycles. The van der Waals surface area contributed by atoms with Crippen LogP contribution < -0.4 is 10.1 Å². The summed E-state index contributed by atoms with van der Waals surface area (Å²) in [5, 5.41) is 29.6. The molecule has 1 aromatic heterocycles. The molecule has 0 saturated heterocycles. The number of benzene rings is 1. The number of carbonyl (C=O) groups is 2. The van der Waals surface area contributed by atoms with E-state index in [4.69, 9.17) is 9.84 Å². The summed E-state index contributed by atoms with van der Waals surface area (Å²) in [5.74, 6) is -0.633. The lowest BCUT2D eigenvalue weighted by molar-refractivity contribution is -0.133. The minimum absolute atomic E-state index is 0.183. The number of carboxylic acids is 1. The van der Waals surface area contributed by atoms with Gasteiger partial charge in [-0.1, -0.05) is 17.8 Å². The number of aliphatic hydroxyl groups is 1. The van der Waals surface area contributed by atoms with Crippen LogP contribution in [-0.2, 0) is 11.3 Å². The Morgan fingerprint density at radius 3 is 2.63 bits per heavy atom. The number of thioether (sulfide) groups is 1.